The number of fused-ring (bicyclic) bond motifs is 1. The molecule has 0 atom stereocenters. The van der Waals surface area contributed by atoms with Crippen molar-refractivity contribution in [3.8, 4) is 33.2 Å². The van der Waals surface area contributed by atoms with Crippen molar-refractivity contribution < 1.29 is 0 Å². The molecule has 0 saturated carbocycles. The highest BCUT2D eigenvalue weighted by Crippen LogP contribution is 2.35. The molecule has 3 aromatic heterocycles. The van der Waals surface area contributed by atoms with Crippen LogP contribution in [-0.2, 0) is 20.5 Å². The van der Waals surface area contributed by atoms with Gasteiger partial charge in [-0.2, -0.15) is 0 Å². The molecule has 0 bridgehead atoms. The Bertz CT molecular complexity index is 1440. The summed E-state index contributed by atoms with van der Waals surface area (Å²) in [5.74, 6) is 0.863. The highest BCUT2D eigenvalue weighted by molar-refractivity contribution is 7.13. The summed E-state index contributed by atoms with van der Waals surface area (Å²) in [6, 6.07) is 19.0. The third kappa shape index (κ3) is 3.50. The molecule has 0 saturated heterocycles. The van der Waals surface area contributed by atoms with E-state index in [0.717, 1.165) is 50.7 Å². The monoisotopic (exact) mass is 442 g/mol. The Morgan fingerprint density at radius 3 is 2.44 bits per heavy atom. The molecule has 2 aromatic carbocycles. The van der Waals surface area contributed by atoms with E-state index in [0.29, 0.717) is 0 Å². The van der Waals surface area contributed by atoms with E-state index in [2.05, 4.69) is 59.8 Å². The van der Waals surface area contributed by atoms with Crippen LogP contribution in [0.1, 0.15) is 25.3 Å². The Morgan fingerprint density at radius 2 is 1.72 bits per heavy atom. The maximum Gasteiger partial charge on any atom is 0.328 e. The quantitative estimate of drug-likeness (QED) is 0.350. The maximum atomic E-state index is 12.4. The standard InChI is InChI=1S/C26H26N4OS/c1-4-5-7-17-9-11-18(12-10-17)23-24(28-25(27-23)22-8-6-15-32-22)19-13-14-20-21(16-19)30(3)26(31)29(20)2/h6,8-16H,4-5,7H2,1-3H3,(H,27,28). The summed E-state index contributed by atoms with van der Waals surface area (Å²) >= 11 is 1.67. The number of aromatic amines is 1. The lowest BCUT2D eigenvalue weighted by Gasteiger charge is -2.06. The predicted octanol–water partition coefficient (Wildman–Crippen LogP) is 6.01. The number of imidazole rings is 2. The second kappa shape index (κ2) is 8.28. The minimum atomic E-state index is -0.0265. The number of unbranched alkanes of at least 4 members (excludes halogenated alkanes) is 1. The molecule has 5 rings (SSSR count). The number of benzene rings is 2. The number of hydrogen-bond acceptors (Lipinski definition) is 3. The zero-order valence-corrected chi connectivity index (χ0v) is 19.4. The van der Waals surface area contributed by atoms with Crippen LogP contribution in [-0.4, -0.2) is 19.1 Å². The van der Waals surface area contributed by atoms with Gasteiger partial charge >= 0.3 is 5.69 Å². The zero-order valence-electron chi connectivity index (χ0n) is 18.6. The summed E-state index contributed by atoms with van der Waals surface area (Å²) < 4.78 is 3.37. The molecule has 6 heteroatoms. The van der Waals surface area contributed by atoms with E-state index < -0.39 is 0 Å². The van der Waals surface area contributed by atoms with Crippen molar-refractivity contribution in [2.45, 2.75) is 26.2 Å². The lowest BCUT2D eigenvalue weighted by Crippen LogP contribution is -2.19. The molecule has 0 spiro atoms. The molecule has 3 heterocycles. The number of hydrogen-bond donors (Lipinski definition) is 1. The molecule has 0 aliphatic carbocycles. The number of thiophene rings is 1. The summed E-state index contributed by atoms with van der Waals surface area (Å²) in [7, 11) is 3.62. The van der Waals surface area contributed by atoms with Crippen molar-refractivity contribution in [3.05, 3.63) is 76.0 Å². The predicted molar refractivity (Wildman–Crippen MR) is 133 cm³/mol. The summed E-state index contributed by atoms with van der Waals surface area (Å²) in [4.78, 5) is 22.1. The van der Waals surface area contributed by atoms with Crippen LogP contribution in [0.25, 0.3) is 44.2 Å². The highest BCUT2D eigenvalue weighted by atomic mass is 32.1. The largest absolute Gasteiger partial charge is 0.337 e. The molecule has 162 valence electrons. The topological polar surface area (TPSA) is 55.6 Å². The van der Waals surface area contributed by atoms with Crippen LogP contribution >= 0.6 is 11.3 Å². The molecular formula is C26H26N4OS. The summed E-state index contributed by atoms with van der Waals surface area (Å²) in [6.07, 6.45) is 3.50. The molecule has 0 radical (unpaired) electrons. The van der Waals surface area contributed by atoms with Crippen LogP contribution in [0.3, 0.4) is 0 Å². The molecule has 1 N–H and O–H groups in total. The van der Waals surface area contributed by atoms with E-state index in [1.165, 1.54) is 18.4 Å². The first-order valence-corrected chi connectivity index (χ1v) is 11.8. The smallest absolute Gasteiger partial charge is 0.328 e. The van der Waals surface area contributed by atoms with Gasteiger partial charge in [-0.3, -0.25) is 9.13 Å². The summed E-state index contributed by atoms with van der Waals surface area (Å²) in [5.41, 5.74) is 7.13. The normalized spacial score (nSPS) is 11.5. The average molecular weight is 443 g/mol. The molecular weight excluding hydrogens is 416 g/mol. The molecule has 0 unspecified atom stereocenters. The van der Waals surface area contributed by atoms with E-state index in [1.54, 1.807) is 27.5 Å². The van der Waals surface area contributed by atoms with E-state index in [1.807, 2.05) is 19.2 Å². The van der Waals surface area contributed by atoms with Gasteiger partial charge in [-0.25, -0.2) is 9.78 Å². The van der Waals surface area contributed by atoms with Gasteiger partial charge in [0.15, 0.2) is 0 Å². The molecule has 32 heavy (non-hydrogen) atoms. The second-order valence-corrected chi connectivity index (χ2v) is 9.14. The van der Waals surface area contributed by atoms with E-state index in [9.17, 15) is 4.79 Å². The lowest BCUT2D eigenvalue weighted by molar-refractivity contribution is 0.795. The second-order valence-electron chi connectivity index (χ2n) is 8.19. The van der Waals surface area contributed by atoms with Crippen molar-refractivity contribution >= 4 is 22.4 Å². The van der Waals surface area contributed by atoms with Gasteiger partial charge in [0.2, 0.25) is 0 Å². The van der Waals surface area contributed by atoms with Crippen molar-refractivity contribution in [1.82, 2.24) is 19.1 Å². The third-order valence-electron chi connectivity index (χ3n) is 6.07. The van der Waals surface area contributed by atoms with Gasteiger partial charge in [-0.05, 0) is 42.0 Å². The lowest BCUT2D eigenvalue weighted by atomic mass is 10.0. The minimum Gasteiger partial charge on any atom is -0.337 e. The highest BCUT2D eigenvalue weighted by Gasteiger charge is 2.18. The molecule has 0 aliphatic rings. The van der Waals surface area contributed by atoms with Gasteiger partial charge in [0.25, 0.3) is 0 Å². The molecule has 5 nitrogen and oxygen atoms in total. The fourth-order valence-corrected chi connectivity index (χ4v) is 4.86. The van der Waals surface area contributed by atoms with Gasteiger partial charge in [0.1, 0.15) is 5.82 Å². The summed E-state index contributed by atoms with van der Waals surface area (Å²) in [5, 5.41) is 2.06. The number of nitrogens with one attached hydrogen (secondary N) is 1. The fourth-order valence-electron chi connectivity index (χ4n) is 4.19. The van der Waals surface area contributed by atoms with Crippen molar-refractivity contribution in [2.75, 3.05) is 0 Å². The van der Waals surface area contributed by atoms with E-state index >= 15 is 0 Å². The number of rotatable bonds is 6. The third-order valence-corrected chi connectivity index (χ3v) is 6.94. The fraction of sp³-hybridized carbons (Fsp3) is 0.231. The van der Waals surface area contributed by atoms with Gasteiger partial charge in [0, 0.05) is 25.2 Å². The van der Waals surface area contributed by atoms with Gasteiger partial charge in [-0.15, -0.1) is 11.3 Å². The number of aryl methyl sites for hydroxylation is 3. The van der Waals surface area contributed by atoms with E-state index in [-0.39, 0.29) is 5.69 Å². The number of H-pyrrole nitrogens is 1. The van der Waals surface area contributed by atoms with Crippen molar-refractivity contribution in [3.63, 3.8) is 0 Å². The van der Waals surface area contributed by atoms with Gasteiger partial charge in [0.05, 0.1) is 27.3 Å². The van der Waals surface area contributed by atoms with Gasteiger partial charge < -0.3 is 4.98 Å². The van der Waals surface area contributed by atoms with Crippen LogP contribution in [0.15, 0.2) is 64.8 Å². The maximum absolute atomic E-state index is 12.4. The number of aromatic nitrogens is 4. The van der Waals surface area contributed by atoms with Crippen molar-refractivity contribution in [2.24, 2.45) is 14.1 Å². The number of nitrogens with zero attached hydrogens (tertiary/aromatic N) is 3. The van der Waals surface area contributed by atoms with Gasteiger partial charge in [-0.1, -0.05) is 49.7 Å². The van der Waals surface area contributed by atoms with Crippen LogP contribution in [0.4, 0.5) is 0 Å². The molecule has 5 aromatic rings. The van der Waals surface area contributed by atoms with Crippen LogP contribution in [0, 0.1) is 0 Å². The van der Waals surface area contributed by atoms with Crippen LogP contribution < -0.4 is 5.69 Å². The Morgan fingerprint density at radius 1 is 0.969 bits per heavy atom. The van der Waals surface area contributed by atoms with Crippen molar-refractivity contribution in [1.29, 1.82) is 0 Å². The molecule has 0 fully saturated rings. The van der Waals surface area contributed by atoms with Crippen LogP contribution in [0.2, 0.25) is 0 Å². The van der Waals surface area contributed by atoms with E-state index in [4.69, 9.17) is 4.98 Å². The average Bonchev–Trinajstić information content (AvgIpc) is 3.55. The minimum absolute atomic E-state index is 0.0265. The Hall–Kier alpha value is -3.38. The molecule has 0 aliphatic heterocycles. The Kier molecular flexibility index (Phi) is 5.31. The molecule has 0 amide bonds. The SMILES string of the molecule is CCCCc1ccc(-c2[nH]c(-c3cccs3)nc2-c2ccc3c(c2)n(C)c(=O)n3C)cc1. The zero-order chi connectivity index (χ0) is 22.2. The van der Waals surface area contributed by atoms with Crippen LogP contribution in [0.5, 0.6) is 0 Å². The first kappa shape index (κ1) is 20.5. The Balaban J connectivity index is 1.65. The Labute approximate surface area is 191 Å². The first-order valence-electron chi connectivity index (χ1n) is 11.0. The first-order chi connectivity index (χ1) is 15.6. The summed E-state index contributed by atoms with van der Waals surface area (Å²) in [6.45, 7) is 2.22.